The number of carbonyl (C=O) groups is 2. The Morgan fingerprint density at radius 1 is 1.18 bits per heavy atom. The number of rotatable bonds is 8. The zero-order valence-corrected chi connectivity index (χ0v) is 22.0. The van der Waals surface area contributed by atoms with Gasteiger partial charge in [0.2, 0.25) is 0 Å². The maximum atomic E-state index is 15.5. The van der Waals surface area contributed by atoms with E-state index in [1.807, 2.05) is 12.1 Å². The van der Waals surface area contributed by atoms with Crippen LogP contribution in [0.25, 0.3) is 11.3 Å². The zero-order valence-electron chi connectivity index (χ0n) is 21.3. The monoisotopic (exact) mass is 541 g/mol. The van der Waals surface area contributed by atoms with Gasteiger partial charge in [-0.05, 0) is 63.3 Å². The van der Waals surface area contributed by atoms with E-state index in [0.29, 0.717) is 41.3 Å². The van der Waals surface area contributed by atoms with Crippen molar-refractivity contribution in [3.05, 3.63) is 75.7 Å². The number of esters is 1. The number of carboxylic acids is 1. The Morgan fingerprint density at radius 2 is 1.92 bits per heavy atom. The van der Waals surface area contributed by atoms with Crippen LogP contribution in [0.15, 0.2) is 47.0 Å². The second-order valence-electron chi connectivity index (χ2n) is 10.4. The summed E-state index contributed by atoms with van der Waals surface area (Å²) in [7, 11) is 0. The van der Waals surface area contributed by atoms with E-state index in [2.05, 4.69) is 5.16 Å². The van der Waals surface area contributed by atoms with Crippen LogP contribution in [-0.2, 0) is 30.9 Å². The molecular formula is C29H29ClFNO6. The number of carboxylic acid groups (broad SMARTS) is 1. The van der Waals surface area contributed by atoms with Crippen molar-refractivity contribution in [3.63, 3.8) is 0 Å². The number of hydrogen-bond donors (Lipinski definition) is 1. The average Bonchev–Trinajstić information content (AvgIpc) is 3.24. The molecule has 2 saturated heterocycles. The van der Waals surface area contributed by atoms with Crippen LogP contribution < -0.4 is 0 Å². The van der Waals surface area contributed by atoms with E-state index in [-0.39, 0.29) is 29.6 Å². The normalized spacial score (nSPS) is 23.3. The van der Waals surface area contributed by atoms with Gasteiger partial charge >= 0.3 is 11.9 Å². The minimum absolute atomic E-state index is 0.0103. The summed E-state index contributed by atoms with van der Waals surface area (Å²) in [6, 6.07) is 12.1. The van der Waals surface area contributed by atoms with Gasteiger partial charge in [-0.1, -0.05) is 41.0 Å². The predicted octanol–water partition coefficient (Wildman–Crippen LogP) is 6.34. The highest BCUT2D eigenvalue weighted by atomic mass is 35.5. The van der Waals surface area contributed by atoms with Crippen LogP contribution in [0.2, 0.25) is 5.02 Å². The third-order valence-electron chi connectivity index (χ3n) is 8.03. The van der Waals surface area contributed by atoms with E-state index < -0.39 is 29.5 Å². The Hall–Kier alpha value is -3.23. The van der Waals surface area contributed by atoms with E-state index in [0.717, 1.165) is 18.4 Å². The van der Waals surface area contributed by atoms with Gasteiger partial charge in [0.1, 0.15) is 11.9 Å². The maximum Gasteiger partial charge on any atom is 0.311 e. The summed E-state index contributed by atoms with van der Waals surface area (Å²) in [4.78, 5) is 24.1. The lowest BCUT2D eigenvalue weighted by atomic mass is 9.62. The van der Waals surface area contributed by atoms with Gasteiger partial charge in [-0.25, -0.2) is 4.39 Å². The molecule has 0 amide bonds. The molecular weight excluding hydrogens is 513 g/mol. The molecule has 3 fully saturated rings. The molecule has 1 saturated carbocycles. The summed E-state index contributed by atoms with van der Waals surface area (Å²) in [6.07, 6.45) is 2.03. The number of carbonyl (C=O) groups excluding carboxylic acids is 1. The molecule has 0 radical (unpaired) electrons. The summed E-state index contributed by atoms with van der Waals surface area (Å²) in [5.74, 6) is -1.67. The van der Waals surface area contributed by atoms with E-state index in [4.69, 9.17) is 25.6 Å². The van der Waals surface area contributed by atoms with Crippen LogP contribution in [0.1, 0.15) is 67.5 Å². The summed E-state index contributed by atoms with van der Waals surface area (Å²) >= 11 is 6.22. The third kappa shape index (κ3) is 4.95. The molecule has 200 valence electrons. The van der Waals surface area contributed by atoms with Crippen molar-refractivity contribution in [2.45, 2.75) is 69.5 Å². The lowest BCUT2D eigenvalue weighted by Crippen LogP contribution is -2.54. The number of nitrogens with zero attached hydrogens (tertiary/aromatic N) is 1. The smallest absolute Gasteiger partial charge is 0.311 e. The summed E-state index contributed by atoms with van der Waals surface area (Å²) in [5.41, 5.74) is 1.69. The van der Waals surface area contributed by atoms with Gasteiger partial charge in [-0.3, -0.25) is 9.59 Å². The molecule has 1 N–H and O–H groups in total. The van der Waals surface area contributed by atoms with Crippen molar-refractivity contribution in [1.82, 2.24) is 5.16 Å². The highest BCUT2D eigenvalue weighted by Gasteiger charge is 2.51. The number of halogens is 2. The van der Waals surface area contributed by atoms with Gasteiger partial charge in [-0.2, -0.15) is 0 Å². The molecule has 1 aromatic heterocycles. The van der Waals surface area contributed by atoms with Gasteiger partial charge in [-0.15, -0.1) is 0 Å². The first kappa shape index (κ1) is 26.4. The molecule has 7 nitrogen and oxygen atoms in total. The first-order chi connectivity index (χ1) is 18.1. The molecule has 2 aliphatic heterocycles. The fourth-order valence-electron chi connectivity index (χ4n) is 5.73. The highest BCUT2D eigenvalue weighted by molar-refractivity contribution is 6.31. The second kappa shape index (κ2) is 10.2. The Bertz CT molecular complexity index is 1360. The van der Waals surface area contributed by atoms with Crippen molar-refractivity contribution in [3.8, 4) is 11.3 Å². The number of fused-ring (bicyclic) bond motifs is 3. The van der Waals surface area contributed by atoms with E-state index >= 15 is 4.39 Å². The van der Waals surface area contributed by atoms with Crippen LogP contribution in [0.4, 0.5) is 4.39 Å². The standard InChI is InChI=1S/C29H29ClFNO6/c1-17-22(14-26(35)37-18(2)20-5-3-4-6-23(20)30)27(38-32-17)21-8-7-19(13-24(21)31)28-9-11-29(12-10-28,36-16-28)15-25(33)34/h3-8,13,18H,9-12,14-16H2,1-2H3,(H,33,34)/t18-,28?,29?/m1/s1. The molecule has 1 atom stereocenters. The number of benzene rings is 2. The van der Waals surface area contributed by atoms with Crippen molar-refractivity contribution in [1.29, 1.82) is 0 Å². The number of hydrogen-bond acceptors (Lipinski definition) is 6. The first-order valence-electron chi connectivity index (χ1n) is 12.7. The lowest BCUT2D eigenvalue weighted by molar-refractivity contribution is -0.175. The van der Waals surface area contributed by atoms with Gasteiger partial charge in [0.05, 0.1) is 36.3 Å². The molecule has 3 aliphatic rings. The van der Waals surface area contributed by atoms with Gasteiger partial charge in [0.15, 0.2) is 5.76 Å². The highest BCUT2D eigenvalue weighted by Crippen LogP contribution is 2.52. The number of aromatic nitrogens is 1. The molecule has 2 aromatic carbocycles. The third-order valence-corrected chi connectivity index (χ3v) is 8.37. The largest absolute Gasteiger partial charge is 0.481 e. The van der Waals surface area contributed by atoms with Crippen LogP contribution >= 0.6 is 11.6 Å². The van der Waals surface area contributed by atoms with E-state index in [1.165, 1.54) is 6.07 Å². The molecule has 38 heavy (non-hydrogen) atoms. The number of ether oxygens (including phenoxy) is 2. The average molecular weight is 542 g/mol. The molecule has 3 heterocycles. The first-order valence-corrected chi connectivity index (χ1v) is 13.0. The molecule has 0 unspecified atom stereocenters. The fraction of sp³-hybridized carbons (Fsp3) is 0.414. The van der Waals surface area contributed by atoms with Crippen LogP contribution in [0.3, 0.4) is 0 Å². The number of aliphatic carboxylic acids is 1. The number of aryl methyl sites for hydroxylation is 1. The molecule has 2 bridgehead atoms. The Morgan fingerprint density at radius 3 is 2.55 bits per heavy atom. The lowest BCUT2D eigenvalue weighted by Gasteiger charge is -2.53. The van der Waals surface area contributed by atoms with E-state index in [9.17, 15) is 14.7 Å². The summed E-state index contributed by atoms with van der Waals surface area (Å²) in [5, 5.41) is 13.7. The molecule has 1 aliphatic carbocycles. The van der Waals surface area contributed by atoms with Crippen molar-refractivity contribution >= 4 is 23.5 Å². The second-order valence-corrected chi connectivity index (χ2v) is 10.8. The molecule has 0 spiro atoms. The van der Waals surface area contributed by atoms with Crippen LogP contribution in [0, 0.1) is 12.7 Å². The summed E-state index contributed by atoms with van der Waals surface area (Å²) in [6.45, 7) is 3.80. The topological polar surface area (TPSA) is 98.9 Å². The van der Waals surface area contributed by atoms with Gasteiger partial charge in [0, 0.05) is 21.6 Å². The Kier molecular flexibility index (Phi) is 7.05. The molecule has 3 aromatic rings. The SMILES string of the molecule is Cc1noc(-c2ccc(C34CCC(CC(=O)O)(CC3)OC4)cc2F)c1CC(=O)O[C@H](C)c1ccccc1Cl. The zero-order chi connectivity index (χ0) is 27.1. The molecule has 6 rings (SSSR count). The van der Waals surface area contributed by atoms with Crippen molar-refractivity contribution in [2.75, 3.05) is 6.61 Å². The predicted molar refractivity (Wildman–Crippen MR) is 137 cm³/mol. The van der Waals surface area contributed by atoms with Crippen molar-refractivity contribution < 1.29 is 33.1 Å². The van der Waals surface area contributed by atoms with Gasteiger partial charge in [0.25, 0.3) is 0 Å². The van der Waals surface area contributed by atoms with Crippen LogP contribution in [-0.4, -0.2) is 34.4 Å². The van der Waals surface area contributed by atoms with Crippen LogP contribution in [0.5, 0.6) is 0 Å². The fourth-order valence-corrected chi connectivity index (χ4v) is 6.02. The van der Waals surface area contributed by atoms with Gasteiger partial charge < -0.3 is 19.1 Å². The quantitative estimate of drug-likeness (QED) is 0.332. The summed E-state index contributed by atoms with van der Waals surface area (Å²) < 4.78 is 32.6. The Labute approximate surface area is 224 Å². The van der Waals surface area contributed by atoms with E-state index in [1.54, 1.807) is 38.1 Å². The molecule has 9 heteroatoms. The van der Waals surface area contributed by atoms with Crippen molar-refractivity contribution in [2.24, 2.45) is 0 Å². The maximum absolute atomic E-state index is 15.5. The Balaban J connectivity index is 1.33. The minimum Gasteiger partial charge on any atom is -0.481 e. The minimum atomic E-state index is -0.866.